The van der Waals surface area contributed by atoms with Gasteiger partial charge in [0.05, 0.1) is 11.7 Å². The van der Waals surface area contributed by atoms with Crippen LogP contribution in [0.25, 0.3) is 0 Å². The van der Waals surface area contributed by atoms with Crippen molar-refractivity contribution < 1.29 is 14.3 Å². The molecule has 18 heavy (non-hydrogen) atoms. The maximum atomic E-state index is 11.3. The highest BCUT2D eigenvalue weighted by Gasteiger charge is 2.31. The van der Waals surface area contributed by atoms with Crippen molar-refractivity contribution in [2.24, 2.45) is 5.92 Å². The molecule has 1 aromatic rings. The number of oxazole rings is 1. The van der Waals surface area contributed by atoms with Gasteiger partial charge in [-0.2, -0.15) is 0 Å². The molecule has 0 saturated heterocycles. The molecular formula is C13H22N2O3. The quantitative estimate of drug-likeness (QED) is 0.874. The summed E-state index contributed by atoms with van der Waals surface area (Å²) in [6.45, 7) is 9.40. The number of likely N-dealkylation sites (N-methyl/N-ethyl adjacent to an activating group) is 1. The highest BCUT2D eigenvalue weighted by atomic mass is 16.4. The smallest absolute Gasteiger partial charge is 0.321 e. The number of rotatable bonds is 5. The second-order valence-electron chi connectivity index (χ2n) is 5.04. The van der Waals surface area contributed by atoms with Crippen molar-refractivity contribution in [2.75, 3.05) is 7.05 Å². The van der Waals surface area contributed by atoms with Gasteiger partial charge in [-0.15, -0.1) is 0 Å². The maximum Gasteiger partial charge on any atom is 0.321 e. The molecule has 102 valence electrons. The predicted octanol–water partition coefficient (Wildman–Crippen LogP) is 2.39. The second kappa shape index (κ2) is 5.52. The molecule has 0 fully saturated rings. The molecule has 0 aliphatic rings. The number of nitrogens with zero attached hydrogens (tertiary/aromatic N) is 2. The van der Waals surface area contributed by atoms with E-state index < -0.39 is 12.0 Å². The number of aryl methyl sites for hydroxylation is 2. The van der Waals surface area contributed by atoms with Crippen molar-refractivity contribution in [3.05, 3.63) is 17.3 Å². The minimum absolute atomic E-state index is 0.0308. The van der Waals surface area contributed by atoms with Gasteiger partial charge in [0.25, 0.3) is 0 Å². The lowest BCUT2D eigenvalue weighted by Gasteiger charge is -2.32. The molecule has 1 rings (SSSR count). The zero-order valence-electron chi connectivity index (χ0n) is 11.9. The standard InChI is InChI=1S/C13H22N2O3/c1-7(2)12(13(16)17)15(6)8(3)11-9(4)18-10(5)14-11/h7-8,12H,1-6H3,(H,16,17). The first kappa shape index (κ1) is 14.7. The Morgan fingerprint density at radius 3 is 2.22 bits per heavy atom. The van der Waals surface area contributed by atoms with E-state index >= 15 is 0 Å². The molecule has 0 radical (unpaired) electrons. The summed E-state index contributed by atoms with van der Waals surface area (Å²) in [4.78, 5) is 17.5. The zero-order valence-corrected chi connectivity index (χ0v) is 11.9. The Bertz CT molecular complexity index is 426. The van der Waals surface area contributed by atoms with E-state index in [9.17, 15) is 9.90 Å². The fraction of sp³-hybridized carbons (Fsp3) is 0.692. The monoisotopic (exact) mass is 254 g/mol. The first-order valence-corrected chi connectivity index (χ1v) is 6.14. The van der Waals surface area contributed by atoms with Crippen LogP contribution in [0.1, 0.15) is 44.2 Å². The van der Waals surface area contributed by atoms with Gasteiger partial charge >= 0.3 is 5.97 Å². The van der Waals surface area contributed by atoms with Crippen LogP contribution in [-0.2, 0) is 4.79 Å². The van der Waals surface area contributed by atoms with Crippen molar-refractivity contribution in [3.8, 4) is 0 Å². The lowest BCUT2D eigenvalue weighted by molar-refractivity contribution is -0.145. The van der Waals surface area contributed by atoms with E-state index in [2.05, 4.69) is 4.98 Å². The van der Waals surface area contributed by atoms with E-state index in [1.807, 2.05) is 39.6 Å². The average molecular weight is 254 g/mol. The molecule has 5 heteroatoms. The van der Waals surface area contributed by atoms with Gasteiger partial charge in [0.15, 0.2) is 5.89 Å². The Hall–Kier alpha value is -1.36. The van der Waals surface area contributed by atoms with Crippen molar-refractivity contribution >= 4 is 5.97 Å². The van der Waals surface area contributed by atoms with Crippen molar-refractivity contribution in [3.63, 3.8) is 0 Å². The molecule has 0 aliphatic heterocycles. The van der Waals surface area contributed by atoms with Gasteiger partial charge in [-0.05, 0) is 26.8 Å². The lowest BCUT2D eigenvalue weighted by Crippen LogP contribution is -2.43. The van der Waals surface area contributed by atoms with Crippen LogP contribution in [0.4, 0.5) is 0 Å². The van der Waals surface area contributed by atoms with Gasteiger partial charge in [0, 0.05) is 6.92 Å². The molecule has 0 bridgehead atoms. The van der Waals surface area contributed by atoms with Gasteiger partial charge < -0.3 is 9.52 Å². The third kappa shape index (κ3) is 2.90. The normalized spacial score (nSPS) is 15.1. The van der Waals surface area contributed by atoms with E-state index in [0.717, 1.165) is 11.5 Å². The largest absolute Gasteiger partial charge is 0.480 e. The average Bonchev–Trinajstić information content (AvgIpc) is 2.55. The number of hydrogen-bond acceptors (Lipinski definition) is 4. The lowest BCUT2D eigenvalue weighted by atomic mass is 10.0. The highest BCUT2D eigenvalue weighted by Crippen LogP contribution is 2.26. The van der Waals surface area contributed by atoms with E-state index in [0.29, 0.717) is 5.89 Å². The minimum atomic E-state index is -0.808. The van der Waals surface area contributed by atoms with E-state index in [1.54, 1.807) is 6.92 Å². The van der Waals surface area contributed by atoms with Crippen LogP contribution in [-0.4, -0.2) is 34.0 Å². The number of aliphatic carboxylic acids is 1. The number of hydrogen-bond donors (Lipinski definition) is 1. The first-order chi connectivity index (χ1) is 8.25. The molecular weight excluding hydrogens is 232 g/mol. The van der Waals surface area contributed by atoms with Crippen molar-refractivity contribution in [1.29, 1.82) is 0 Å². The fourth-order valence-corrected chi connectivity index (χ4v) is 2.30. The second-order valence-corrected chi connectivity index (χ2v) is 5.04. The molecule has 0 amide bonds. The summed E-state index contributed by atoms with van der Waals surface area (Å²) in [5.74, 6) is 0.583. The van der Waals surface area contributed by atoms with Gasteiger partial charge in [0.1, 0.15) is 11.8 Å². The molecule has 0 aliphatic carbocycles. The van der Waals surface area contributed by atoms with Crippen LogP contribution < -0.4 is 0 Å². The molecule has 2 unspecified atom stereocenters. The van der Waals surface area contributed by atoms with E-state index in [1.165, 1.54) is 0 Å². The van der Waals surface area contributed by atoms with Crippen molar-refractivity contribution in [1.82, 2.24) is 9.88 Å². The SMILES string of the molecule is Cc1nc(C(C)N(C)C(C(=O)O)C(C)C)c(C)o1. The van der Waals surface area contributed by atoms with Crippen molar-refractivity contribution in [2.45, 2.75) is 46.7 Å². The molecule has 0 aromatic carbocycles. The van der Waals surface area contributed by atoms with E-state index in [-0.39, 0.29) is 12.0 Å². The summed E-state index contributed by atoms with van der Waals surface area (Å²) in [5, 5.41) is 9.30. The van der Waals surface area contributed by atoms with Crippen LogP contribution in [0.3, 0.4) is 0 Å². The fourth-order valence-electron chi connectivity index (χ4n) is 2.30. The summed E-state index contributed by atoms with van der Waals surface area (Å²) < 4.78 is 5.40. The topological polar surface area (TPSA) is 66.6 Å². The minimum Gasteiger partial charge on any atom is -0.480 e. The van der Waals surface area contributed by atoms with E-state index in [4.69, 9.17) is 4.42 Å². The van der Waals surface area contributed by atoms with Crippen LogP contribution >= 0.6 is 0 Å². The van der Waals surface area contributed by atoms with Gasteiger partial charge in [-0.1, -0.05) is 13.8 Å². The maximum absolute atomic E-state index is 11.3. The Morgan fingerprint density at radius 2 is 1.89 bits per heavy atom. The molecule has 1 heterocycles. The molecule has 2 atom stereocenters. The summed E-state index contributed by atoms with van der Waals surface area (Å²) >= 11 is 0. The van der Waals surface area contributed by atoms with Crippen LogP contribution in [0.2, 0.25) is 0 Å². The molecule has 0 saturated carbocycles. The molecule has 0 spiro atoms. The summed E-state index contributed by atoms with van der Waals surface area (Å²) in [6.07, 6.45) is 0. The Balaban J connectivity index is 2.98. The number of carboxylic acid groups (broad SMARTS) is 1. The summed E-state index contributed by atoms with van der Waals surface area (Å²) in [5.41, 5.74) is 0.807. The van der Waals surface area contributed by atoms with Crippen LogP contribution in [0, 0.1) is 19.8 Å². The highest BCUT2D eigenvalue weighted by molar-refractivity contribution is 5.73. The third-order valence-corrected chi connectivity index (χ3v) is 3.27. The predicted molar refractivity (Wildman–Crippen MR) is 68.4 cm³/mol. The Morgan fingerprint density at radius 1 is 1.33 bits per heavy atom. The molecule has 5 nitrogen and oxygen atoms in total. The van der Waals surface area contributed by atoms with Gasteiger partial charge in [0.2, 0.25) is 0 Å². The molecule has 1 aromatic heterocycles. The van der Waals surface area contributed by atoms with Crippen LogP contribution in [0.5, 0.6) is 0 Å². The zero-order chi connectivity index (χ0) is 14.0. The summed E-state index contributed by atoms with van der Waals surface area (Å²) in [7, 11) is 1.81. The van der Waals surface area contributed by atoms with Gasteiger partial charge in [-0.25, -0.2) is 4.98 Å². The van der Waals surface area contributed by atoms with Gasteiger partial charge in [-0.3, -0.25) is 9.69 Å². The Labute approximate surface area is 108 Å². The number of carbonyl (C=O) groups is 1. The number of carboxylic acids is 1. The number of aromatic nitrogens is 1. The first-order valence-electron chi connectivity index (χ1n) is 6.14. The summed E-state index contributed by atoms with van der Waals surface area (Å²) in [6, 6.07) is -0.623. The molecule has 1 N–H and O–H groups in total. The third-order valence-electron chi connectivity index (χ3n) is 3.27. The van der Waals surface area contributed by atoms with Crippen LogP contribution in [0.15, 0.2) is 4.42 Å². The Kier molecular flexibility index (Phi) is 4.51.